The number of aromatic nitrogens is 2. The third-order valence-corrected chi connectivity index (χ3v) is 3.51. The van der Waals surface area contributed by atoms with Crippen molar-refractivity contribution >= 4 is 27.5 Å². The number of rotatable bonds is 3. The second-order valence-electron chi connectivity index (χ2n) is 3.78. The Kier molecular flexibility index (Phi) is 3.86. The van der Waals surface area contributed by atoms with Crippen LogP contribution in [0.3, 0.4) is 0 Å². The Labute approximate surface area is 114 Å². The highest BCUT2D eigenvalue weighted by molar-refractivity contribution is 9.10. The highest BCUT2D eigenvalue weighted by Gasteiger charge is 2.19. The predicted octanol–water partition coefficient (Wildman–Crippen LogP) is 3.14. The monoisotopic (exact) mass is 313 g/mol. The zero-order chi connectivity index (χ0) is 12.4. The molecule has 0 aliphatic rings. The maximum atomic E-state index is 6.24. The molecule has 0 radical (unpaired) electrons. The molecule has 1 aromatic carbocycles. The Bertz CT molecular complexity index is 524. The lowest BCUT2D eigenvalue weighted by Crippen LogP contribution is -2.21. The van der Waals surface area contributed by atoms with Crippen LogP contribution >= 0.6 is 27.5 Å². The first kappa shape index (κ1) is 12.6. The fourth-order valence-corrected chi connectivity index (χ4v) is 2.42. The molecule has 90 valence electrons. The van der Waals surface area contributed by atoms with Crippen molar-refractivity contribution in [3.05, 3.63) is 51.5 Å². The van der Waals surface area contributed by atoms with E-state index in [1.165, 1.54) is 0 Å². The zero-order valence-electron chi connectivity index (χ0n) is 9.61. The largest absolute Gasteiger partial charge is 0.336 e. The molecule has 3 nitrogen and oxygen atoms in total. The van der Waals surface area contributed by atoms with Crippen molar-refractivity contribution in [3.8, 4) is 0 Å². The summed E-state index contributed by atoms with van der Waals surface area (Å²) in [5.41, 5.74) is 1.01. The molecular weight excluding hydrogens is 302 g/mol. The third-order valence-electron chi connectivity index (χ3n) is 2.67. The summed E-state index contributed by atoms with van der Waals surface area (Å²) in [7, 11) is 3.87. The highest BCUT2D eigenvalue weighted by atomic mass is 79.9. The fourth-order valence-electron chi connectivity index (χ4n) is 1.81. The third kappa shape index (κ3) is 2.54. The van der Waals surface area contributed by atoms with Crippen molar-refractivity contribution in [2.45, 2.75) is 6.04 Å². The first-order chi connectivity index (χ1) is 8.13. The summed E-state index contributed by atoms with van der Waals surface area (Å²) < 4.78 is 2.99. The van der Waals surface area contributed by atoms with Crippen LogP contribution in [0.5, 0.6) is 0 Å². The van der Waals surface area contributed by atoms with E-state index in [-0.39, 0.29) is 6.04 Å². The molecule has 1 N–H and O–H groups in total. The van der Waals surface area contributed by atoms with Crippen LogP contribution in [0, 0.1) is 0 Å². The van der Waals surface area contributed by atoms with Crippen molar-refractivity contribution in [1.29, 1.82) is 0 Å². The van der Waals surface area contributed by atoms with Crippen molar-refractivity contribution in [2.24, 2.45) is 7.05 Å². The summed E-state index contributed by atoms with van der Waals surface area (Å²) in [6, 6.07) is 5.81. The second-order valence-corrected chi connectivity index (χ2v) is 5.11. The SMILES string of the molecule is CNC(c1cc(Br)ccc1Cl)c1nccn1C. The van der Waals surface area contributed by atoms with Crippen molar-refractivity contribution in [2.75, 3.05) is 7.05 Å². The number of halogens is 2. The van der Waals surface area contributed by atoms with E-state index in [0.29, 0.717) is 0 Å². The van der Waals surface area contributed by atoms with E-state index >= 15 is 0 Å². The van der Waals surface area contributed by atoms with Gasteiger partial charge in [0.25, 0.3) is 0 Å². The Balaban J connectivity index is 2.49. The minimum Gasteiger partial charge on any atom is -0.336 e. The van der Waals surface area contributed by atoms with E-state index in [2.05, 4.69) is 26.2 Å². The predicted molar refractivity (Wildman–Crippen MR) is 73.3 cm³/mol. The first-order valence-electron chi connectivity index (χ1n) is 5.23. The molecule has 0 saturated heterocycles. The summed E-state index contributed by atoms with van der Waals surface area (Å²) in [5.74, 6) is 0.938. The summed E-state index contributed by atoms with van der Waals surface area (Å²) >= 11 is 9.70. The molecule has 17 heavy (non-hydrogen) atoms. The first-order valence-corrected chi connectivity index (χ1v) is 6.40. The van der Waals surface area contributed by atoms with Crippen LogP contribution in [-0.4, -0.2) is 16.6 Å². The molecule has 2 aromatic rings. The summed E-state index contributed by atoms with van der Waals surface area (Å²) in [6.07, 6.45) is 3.71. The van der Waals surface area contributed by atoms with Crippen LogP contribution in [-0.2, 0) is 7.05 Å². The average Bonchev–Trinajstić information content (AvgIpc) is 2.71. The van der Waals surface area contributed by atoms with Crippen LogP contribution in [0.2, 0.25) is 5.02 Å². The maximum absolute atomic E-state index is 6.24. The van der Waals surface area contributed by atoms with Crippen LogP contribution in [0.1, 0.15) is 17.4 Å². The van der Waals surface area contributed by atoms with Gasteiger partial charge in [-0.15, -0.1) is 0 Å². The van der Waals surface area contributed by atoms with Gasteiger partial charge in [-0.1, -0.05) is 27.5 Å². The molecule has 1 unspecified atom stereocenters. The Morgan fingerprint density at radius 2 is 2.24 bits per heavy atom. The van der Waals surface area contributed by atoms with Gasteiger partial charge in [0.05, 0.1) is 6.04 Å². The molecule has 0 bridgehead atoms. The Hall–Kier alpha value is -0.840. The molecule has 1 aromatic heterocycles. The minimum atomic E-state index is -0.0139. The van der Waals surface area contributed by atoms with Gasteiger partial charge in [-0.2, -0.15) is 0 Å². The van der Waals surface area contributed by atoms with Gasteiger partial charge in [0.1, 0.15) is 5.82 Å². The van der Waals surface area contributed by atoms with E-state index < -0.39 is 0 Å². The molecule has 0 amide bonds. The molecule has 1 atom stereocenters. The maximum Gasteiger partial charge on any atom is 0.130 e. The Morgan fingerprint density at radius 3 is 2.82 bits per heavy atom. The quantitative estimate of drug-likeness (QED) is 0.943. The smallest absolute Gasteiger partial charge is 0.130 e. The molecule has 0 aliphatic heterocycles. The number of hydrogen-bond donors (Lipinski definition) is 1. The van der Waals surface area contributed by atoms with E-state index in [1.807, 2.05) is 43.1 Å². The topological polar surface area (TPSA) is 29.9 Å². The average molecular weight is 315 g/mol. The number of benzene rings is 1. The minimum absolute atomic E-state index is 0.0139. The van der Waals surface area contributed by atoms with Crippen molar-refractivity contribution < 1.29 is 0 Å². The lowest BCUT2D eigenvalue weighted by Gasteiger charge is -2.18. The van der Waals surface area contributed by atoms with Gasteiger partial charge in [-0.3, -0.25) is 0 Å². The Morgan fingerprint density at radius 1 is 1.47 bits per heavy atom. The zero-order valence-corrected chi connectivity index (χ0v) is 12.0. The van der Waals surface area contributed by atoms with E-state index in [1.54, 1.807) is 6.20 Å². The molecule has 0 fully saturated rings. The van der Waals surface area contributed by atoms with Crippen LogP contribution in [0.4, 0.5) is 0 Å². The van der Waals surface area contributed by atoms with Crippen molar-refractivity contribution in [3.63, 3.8) is 0 Å². The summed E-state index contributed by atoms with van der Waals surface area (Å²) in [5, 5.41) is 3.97. The lowest BCUT2D eigenvalue weighted by atomic mass is 10.1. The fraction of sp³-hybridized carbons (Fsp3) is 0.250. The standard InChI is InChI=1S/C12H13BrClN3/c1-15-11(12-16-5-6-17(12)2)9-7-8(13)3-4-10(9)14/h3-7,11,15H,1-2H3. The molecular formula is C12H13BrClN3. The number of nitrogens with zero attached hydrogens (tertiary/aromatic N) is 2. The highest BCUT2D eigenvalue weighted by Crippen LogP contribution is 2.29. The van der Waals surface area contributed by atoms with Gasteiger partial charge in [-0.05, 0) is 30.8 Å². The number of nitrogens with one attached hydrogen (secondary N) is 1. The second kappa shape index (κ2) is 5.21. The van der Waals surface area contributed by atoms with Gasteiger partial charge >= 0.3 is 0 Å². The summed E-state index contributed by atoms with van der Waals surface area (Å²) in [6.45, 7) is 0. The number of imidazole rings is 1. The van der Waals surface area contributed by atoms with E-state index in [9.17, 15) is 0 Å². The molecule has 2 rings (SSSR count). The van der Waals surface area contributed by atoms with Crippen molar-refractivity contribution in [1.82, 2.24) is 14.9 Å². The van der Waals surface area contributed by atoms with Crippen LogP contribution in [0.25, 0.3) is 0 Å². The molecule has 5 heteroatoms. The van der Waals surface area contributed by atoms with Crippen LogP contribution in [0.15, 0.2) is 35.1 Å². The van der Waals surface area contributed by atoms with E-state index in [4.69, 9.17) is 11.6 Å². The normalized spacial score (nSPS) is 12.7. The van der Waals surface area contributed by atoms with Gasteiger partial charge in [0.15, 0.2) is 0 Å². The number of aryl methyl sites for hydroxylation is 1. The van der Waals surface area contributed by atoms with Gasteiger partial charge in [0, 0.05) is 28.9 Å². The van der Waals surface area contributed by atoms with Gasteiger partial charge in [-0.25, -0.2) is 4.98 Å². The summed E-state index contributed by atoms with van der Waals surface area (Å²) in [4.78, 5) is 4.36. The molecule has 0 aliphatic carbocycles. The molecule has 0 spiro atoms. The lowest BCUT2D eigenvalue weighted by molar-refractivity contribution is 0.617. The van der Waals surface area contributed by atoms with Gasteiger partial charge in [0.2, 0.25) is 0 Å². The van der Waals surface area contributed by atoms with E-state index in [0.717, 1.165) is 20.9 Å². The van der Waals surface area contributed by atoms with Crippen LogP contribution < -0.4 is 5.32 Å². The van der Waals surface area contributed by atoms with Gasteiger partial charge < -0.3 is 9.88 Å². The molecule has 0 saturated carbocycles. The number of hydrogen-bond acceptors (Lipinski definition) is 2. The molecule has 1 heterocycles.